The molecule has 0 bridgehead atoms. The molecule has 0 amide bonds. The Labute approximate surface area is 119 Å². The zero-order valence-electron chi connectivity index (χ0n) is 10.6. The number of nitrogens with two attached hydrogens (primary N) is 1. The first-order chi connectivity index (χ1) is 9.11. The number of halogens is 2. The largest absolute Gasteiger partial charge is 0.338 e. The minimum absolute atomic E-state index is 0.0337. The molecule has 1 heterocycles. The summed E-state index contributed by atoms with van der Waals surface area (Å²) in [4.78, 5) is 4.27. The molecule has 0 aliphatic carbocycles. The maximum atomic E-state index is 13.2. The van der Waals surface area contributed by atoms with Gasteiger partial charge in [-0.05, 0) is 40.0 Å². The molecule has 0 radical (unpaired) electrons. The smallest absolute Gasteiger partial charge is 0.137 e. The Balaban J connectivity index is 2.07. The third-order valence-electron chi connectivity index (χ3n) is 3.12. The minimum Gasteiger partial charge on any atom is -0.338 e. The molecule has 102 valence electrons. The number of hydrogen-bond donors (Lipinski definition) is 2. The molecular weight excluding hydrogens is 311 g/mol. The zero-order chi connectivity index (χ0) is 13.8. The summed E-state index contributed by atoms with van der Waals surface area (Å²) in [6.45, 7) is 0. The van der Waals surface area contributed by atoms with Crippen molar-refractivity contribution in [3.63, 3.8) is 0 Å². The van der Waals surface area contributed by atoms with Gasteiger partial charge in [-0.1, -0.05) is 6.07 Å². The van der Waals surface area contributed by atoms with E-state index in [9.17, 15) is 4.39 Å². The summed E-state index contributed by atoms with van der Waals surface area (Å²) in [6, 6.07) is 4.89. The molecule has 0 spiro atoms. The van der Waals surface area contributed by atoms with Gasteiger partial charge >= 0.3 is 0 Å². The predicted molar refractivity (Wildman–Crippen MR) is 75.7 cm³/mol. The van der Waals surface area contributed by atoms with Crippen LogP contribution in [0.1, 0.15) is 23.9 Å². The fourth-order valence-corrected chi connectivity index (χ4v) is 2.38. The SMILES string of the molecule is Cn1ccnc1CCC(NN)c1ccc(F)c(Br)c1. The Bertz CT molecular complexity index is 555. The lowest BCUT2D eigenvalue weighted by Gasteiger charge is -2.16. The highest BCUT2D eigenvalue weighted by Crippen LogP contribution is 2.23. The lowest BCUT2D eigenvalue weighted by molar-refractivity contribution is 0.504. The molecule has 0 fully saturated rings. The van der Waals surface area contributed by atoms with Crippen LogP contribution in [0.2, 0.25) is 0 Å². The Morgan fingerprint density at radius 2 is 2.32 bits per heavy atom. The van der Waals surface area contributed by atoms with Crippen LogP contribution >= 0.6 is 15.9 Å². The molecule has 2 rings (SSSR count). The number of rotatable bonds is 5. The van der Waals surface area contributed by atoms with Gasteiger partial charge in [0.2, 0.25) is 0 Å². The highest BCUT2D eigenvalue weighted by molar-refractivity contribution is 9.10. The number of hydrogen-bond acceptors (Lipinski definition) is 3. The first-order valence-corrected chi connectivity index (χ1v) is 6.78. The third kappa shape index (κ3) is 3.40. The zero-order valence-corrected chi connectivity index (χ0v) is 12.2. The minimum atomic E-state index is -0.274. The van der Waals surface area contributed by atoms with Crippen molar-refractivity contribution in [3.8, 4) is 0 Å². The van der Waals surface area contributed by atoms with Gasteiger partial charge in [0.05, 0.1) is 4.47 Å². The van der Waals surface area contributed by atoms with Crippen molar-refractivity contribution in [3.05, 3.63) is 52.3 Å². The molecule has 3 N–H and O–H groups in total. The van der Waals surface area contributed by atoms with E-state index in [4.69, 9.17) is 5.84 Å². The summed E-state index contributed by atoms with van der Waals surface area (Å²) in [5, 5.41) is 0. The van der Waals surface area contributed by atoms with Gasteiger partial charge in [-0.2, -0.15) is 0 Å². The van der Waals surface area contributed by atoms with Crippen LogP contribution in [0.3, 0.4) is 0 Å². The fourth-order valence-electron chi connectivity index (χ4n) is 1.99. The number of hydrazine groups is 1. The van der Waals surface area contributed by atoms with Crippen molar-refractivity contribution < 1.29 is 4.39 Å². The van der Waals surface area contributed by atoms with Crippen LogP contribution in [0, 0.1) is 5.82 Å². The van der Waals surface area contributed by atoms with Gasteiger partial charge in [0.15, 0.2) is 0 Å². The molecule has 1 aromatic carbocycles. The topological polar surface area (TPSA) is 55.9 Å². The maximum absolute atomic E-state index is 13.2. The fraction of sp³-hybridized carbons (Fsp3) is 0.308. The summed E-state index contributed by atoms with van der Waals surface area (Å²) in [5.41, 5.74) is 3.72. The summed E-state index contributed by atoms with van der Waals surface area (Å²) in [6.07, 6.45) is 5.27. The van der Waals surface area contributed by atoms with Gasteiger partial charge in [0.25, 0.3) is 0 Å². The van der Waals surface area contributed by atoms with E-state index < -0.39 is 0 Å². The lowest BCUT2D eigenvalue weighted by Crippen LogP contribution is -2.28. The van der Waals surface area contributed by atoms with Crippen molar-refractivity contribution >= 4 is 15.9 Å². The Hall–Kier alpha value is -1.24. The highest BCUT2D eigenvalue weighted by atomic mass is 79.9. The van der Waals surface area contributed by atoms with Crippen LogP contribution < -0.4 is 11.3 Å². The van der Waals surface area contributed by atoms with Crippen molar-refractivity contribution in [2.24, 2.45) is 12.9 Å². The molecule has 0 saturated carbocycles. The van der Waals surface area contributed by atoms with E-state index in [1.165, 1.54) is 6.07 Å². The van der Waals surface area contributed by atoms with Crippen LogP contribution in [0.25, 0.3) is 0 Å². The third-order valence-corrected chi connectivity index (χ3v) is 3.73. The molecule has 19 heavy (non-hydrogen) atoms. The normalized spacial score (nSPS) is 12.6. The average Bonchev–Trinajstić information content (AvgIpc) is 2.80. The number of aryl methyl sites for hydroxylation is 2. The van der Waals surface area contributed by atoms with Gasteiger partial charge < -0.3 is 4.57 Å². The predicted octanol–water partition coefficient (Wildman–Crippen LogP) is 2.46. The quantitative estimate of drug-likeness (QED) is 0.655. The van der Waals surface area contributed by atoms with Gasteiger partial charge in [0, 0.05) is 31.9 Å². The first-order valence-electron chi connectivity index (χ1n) is 5.99. The molecule has 1 atom stereocenters. The van der Waals surface area contributed by atoms with E-state index in [1.807, 2.05) is 17.8 Å². The van der Waals surface area contributed by atoms with Crippen LogP contribution in [0.5, 0.6) is 0 Å². The van der Waals surface area contributed by atoms with Crippen molar-refractivity contribution in [1.82, 2.24) is 15.0 Å². The molecule has 0 aliphatic rings. The van der Waals surface area contributed by atoms with Crippen molar-refractivity contribution in [2.45, 2.75) is 18.9 Å². The lowest BCUT2D eigenvalue weighted by atomic mass is 10.0. The summed E-state index contributed by atoms with van der Waals surface area (Å²) < 4.78 is 15.6. The van der Waals surface area contributed by atoms with Gasteiger partial charge in [-0.25, -0.2) is 9.37 Å². The number of nitrogens with one attached hydrogen (secondary N) is 1. The van der Waals surface area contributed by atoms with Gasteiger partial charge in [-0.15, -0.1) is 0 Å². The van der Waals surface area contributed by atoms with Crippen molar-refractivity contribution in [2.75, 3.05) is 0 Å². The van der Waals surface area contributed by atoms with Gasteiger partial charge in [-0.3, -0.25) is 11.3 Å². The highest BCUT2D eigenvalue weighted by Gasteiger charge is 2.13. The maximum Gasteiger partial charge on any atom is 0.137 e. The molecule has 4 nitrogen and oxygen atoms in total. The van der Waals surface area contributed by atoms with Crippen LogP contribution in [0.4, 0.5) is 4.39 Å². The van der Waals surface area contributed by atoms with Crippen LogP contribution in [-0.4, -0.2) is 9.55 Å². The molecule has 0 saturated heterocycles. The number of aromatic nitrogens is 2. The molecule has 2 aromatic rings. The Kier molecular flexibility index (Phi) is 4.68. The first kappa shape index (κ1) is 14.2. The van der Waals surface area contributed by atoms with E-state index in [0.29, 0.717) is 4.47 Å². The molecular formula is C13H16BrFN4. The average molecular weight is 327 g/mol. The van der Waals surface area contributed by atoms with E-state index in [0.717, 1.165) is 24.2 Å². The second-order valence-corrected chi connectivity index (χ2v) is 5.24. The van der Waals surface area contributed by atoms with Crippen LogP contribution in [0.15, 0.2) is 35.1 Å². The standard InChI is InChI=1S/C13H16BrFN4/c1-19-7-6-17-13(19)5-4-12(18-16)9-2-3-11(15)10(14)8-9/h2-3,6-8,12,18H,4-5,16H2,1H3. The number of imidazole rings is 1. The second-order valence-electron chi connectivity index (χ2n) is 4.39. The van der Waals surface area contributed by atoms with Crippen molar-refractivity contribution in [1.29, 1.82) is 0 Å². The molecule has 1 aromatic heterocycles. The van der Waals surface area contributed by atoms with Crippen LogP contribution in [-0.2, 0) is 13.5 Å². The van der Waals surface area contributed by atoms with E-state index in [1.54, 1.807) is 18.3 Å². The van der Waals surface area contributed by atoms with E-state index >= 15 is 0 Å². The molecule has 6 heteroatoms. The summed E-state index contributed by atoms with van der Waals surface area (Å²) in [7, 11) is 1.96. The molecule has 1 unspecified atom stereocenters. The summed E-state index contributed by atoms with van der Waals surface area (Å²) >= 11 is 3.18. The Morgan fingerprint density at radius 3 is 2.89 bits per heavy atom. The van der Waals surface area contributed by atoms with E-state index in [2.05, 4.69) is 26.3 Å². The molecule has 0 aliphatic heterocycles. The van der Waals surface area contributed by atoms with E-state index in [-0.39, 0.29) is 11.9 Å². The van der Waals surface area contributed by atoms with Gasteiger partial charge in [0.1, 0.15) is 11.6 Å². The number of nitrogens with zero attached hydrogens (tertiary/aromatic N) is 2. The summed E-state index contributed by atoms with van der Waals surface area (Å²) in [5.74, 6) is 6.31. The second kappa shape index (κ2) is 6.27. The number of benzene rings is 1. The monoisotopic (exact) mass is 326 g/mol. The Morgan fingerprint density at radius 1 is 1.53 bits per heavy atom.